The molecule has 9 heteroatoms. The van der Waals surface area contributed by atoms with Gasteiger partial charge in [0.25, 0.3) is 5.56 Å². The highest BCUT2D eigenvalue weighted by atomic mass is 32.2. The molecule has 0 saturated heterocycles. The van der Waals surface area contributed by atoms with Gasteiger partial charge in [0.15, 0.2) is 5.16 Å². The van der Waals surface area contributed by atoms with Crippen LogP contribution in [0.4, 0.5) is 5.00 Å². The molecule has 0 saturated carbocycles. The predicted molar refractivity (Wildman–Crippen MR) is 137 cm³/mol. The van der Waals surface area contributed by atoms with E-state index in [4.69, 9.17) is 4.74 Å². The first-order chi connectivity index (χ1) is 16.4. The number of hydrogen-bond donors (Lipinski definition) is 1. The maximum atomic E-state index is 13.2. The first kappa shape index (κ1) is 24.5. The molecule has 1 aliphatic carbocycles. The lowest BCUT2D eigenvalue weighted by Gasteiger charge is -2.15. The molecule has 0 radical (unpaired) electrons. The summed E-state index contributed by atoms with van der Waals surface area (Å²) >= 11 is 2.72. The van der Waals surface area contributed by atoms with Gasteiger partial charge in [0, 0.05) is 11.4 Å². The van der Waals surface area contributed by atoms with E-state index in [1.165, 1.54) is 23.1 Å². The second kappa shape index (κ2) is 10.7. The van der Waals surface area contributed by atoms with Crippen molar-refractivity contribution in [1.82, 2.24) is 9.55 Å². The highest BCUT2D eigenvalue weighted by Crippen LogP contribution is 2.38. The molecule has 0 bridgehead atoms. The fraction of sp³-hybridized carbons (Fsp3) is 0.440. The number of rotatable bonds is 7. The Morgan fingerprint density at radius 3 is 2.74 bits per heavy atom. The van der Waals surface area contributed by atoms with Gasteiger partial charge >= 0.3 is 5.97 Å². The topological polar surface area (TPSA) is 90.3 Å². The van der Waals surface area contributed by atoms with Crippen LogP contribution in [-0.2, 0) is 28.9 Å². The molecule has 1 N–H and O–H groups in total. The minimum atomic E-state index is -0.525. The Labute approximate surface area is 206 Å². The third-order valence-electron chi connectivity index (χ3n) is 5.93. The van der Waals surface area contributed by atoms with Gasteiger partial charge in [-0.25, -0.2) is 9.78 Å². The summed E-state index contributed by atoms with van der Waals surface area (Å²) in [6.07, 6.45) is 4.98. The molecule has 0 aliphatic heterocycles. The fourth-order valence-electron chi connectivity index (χ4n) is 4.19. The number of thioether (sulfide) groups is 1. The zero-order chi connectivity index (χ0) is 24.2. The van der Waals surface area contributed by atoms with Crippen molar-refractivity contribution >= 4 is 50.9 Å². The summed E-state index contributed by atoms with van der Waals surface area (Å²) in [5, 5.41) is 4.07. The maximum Gasteiger partial charge on any atom is 0.341 e. The number of benzene rings is 1. The number of thiophene rings is 1. The van der Waals surface area contributed by atoms with Crippen LogP contribution in [0.2, 0.25) is 0 Å². The maximum absolute atomic E-state index is 13.2. The number of nitrogens with zero attached hydrogens (tertiary/aromatic N) is 2. The Morgan fingerprint density at radius 1 is 1.21 bits per heavy atom. The first-order valence-electron chi connectivity index (χ1n) is 11.7. The van der Waals surface area contributed by atoms with Gasteiger partial charge in [0.05, 0.1) is 28.3 Å². The number of aryl methyl sites for hydroxylation is 1. The molecule has 2 heterocycles. The normalized spacial score (nSPS) is 14.3. The Hall–Kier alpha value is -2.65. The summed E-state index contributed by atoms with van der Waals surface area (Å²) in [4.78, 5) is 44.7. The SMILES string of the molecule is CCOC(=O)c1c(NC(=O)C(C)Sc2nc3ccccc3c(=O)n2CC)sc2c1CCCCC2. The van der Waals surface area contributed by atoms with Gasteiger partial charge in [-0.05, 0) is 64.2 Å². The number of carbonyl (C=O) groups excluding carboxylic acids is 2. The number of esters is 1. The molecule has 0 fully saturated rings. The fourth-order valence-corrected chi connectivity index (χ4v) is 6.44. The van der Waals surface area contributed by atoms with Crippen molar-refractivity contribution in [2.75, 3.05) is 11.9 Å². The minimum Gasteiger partial charge on any atom is -0.462 e. The number of anilines is 1. The van der Waals surface area contributed by atoms with Crippen molar-refractivity contribution < 1.29 is 14.3 Å². The van der Waals surface area contributed by atoms with Crippen molar-refractivity contribution in [1.29, 1.82) is 0 Å². The highest BCUT2D eigenvalue weighted by Gasteiger charge is 2.28. The number of hydrogen-bond acceptors (Lipinski definition) is 7. The summed E-state index contributed by atoms with van der Waals surface area (Å²) in [7, 11) is 0. The smallest absolute Gasteiger partial charge is 0.341 e. The Balaban J connectivity index is 1.60. The molecular formula is C25H29N3O4S2. The molecule has 7 nitrogen and oxygen atoms in total. The Morgan fingerprint density at radius 2 is 1.97 bits per heavy atom. The van der Waals surface area contributed by atoms with Gasteiger partial charge in [-0.1, -0.05) is 30.3 Å². The lowest BCUT2D eigenvalue weighted by Crippen LogP contribution is -2.27. The second-order valence-corrected chi connectivity index (χ2v) is 10.6. The molecule has 0 spiro atoms. The van der Waals surface area contributed by atoms with Crippen LogP contribution in [0.5, 0.6) is 0 Å². The van der Waals surface area contributed by atoms with E-state index in [2.05, 4.69) is 10.3 Å². The van der Waals surface area contributed by atoms with Gasteiger partial charge in [0.1, 0.15) is 5.00 Å². The largest absolute Gasteiger partial charge is 0.462 e. The molecule has 4 rings (SSSR count). The van der Waals surface area contributed by atoms with E-state index in [1.807, 2.05) is 19.1 Å². The van der Waals surface area contributed by atoms with E-state index >= 15 is 0 Å². The van der Waals surface area contributed by atoms with Crippen molar-refractivity contribution in [2.24, 2.45) is 0 Å². The lowest BCUT2D eigenvalue weighted by atomic mass is 10.1. The Bertz CT molecular complexity index is 1280. The van der Waals surface area contributed by atoms with Crippen molar-refractivity contribution in [3.05, 3.63) is 50.6 Å². The Kier molecular flexibility index (Phi) is 7.73. The molecule has 1 aliphatic rings. The summed E-state index contributed by atoms with van der Waals surface area (Å²) in [6, 6.07) is 7.22. The second-order valence-electron chi connectivity index (χ2n) is 8.20. The molecule has 2 aromatic heterocycles. The van der Waals surface area contributed by atoms with Crippen LogP contribution in [0.3, 0.4) is 0 Å². The standard InChI is InChI=1S/C25H29N3O4S2/c1-4-28-23(30)16-11-9-10-13-18(16)26-25(28)33-15(3)21(29)27-22-20(24(31)32-5-2)17-12-7-6-8-14-19(17)34-22/h9-11,13,15H,4-8,12,14H2,1-3H3,(H,27,29). The van der Waals surface area contributed by atoms with E-state index in [9.17, 15) is 14.4 Å². The molecule has 3 aromatic rings. The number of carbonyl (C=O) groups is 2. The van der Waals surface area contributed by atoms with Crippen LogP contribution in [0, 0.1) is 0 Å². The molecule has 1 atom stereocenters. The summed E-state index contributed by atoms with van der Waals surface area (Å²) in [6.45, 7) is 6.19. The minimum absolute atomic E-state index is 0.116. The molecule has 34 heavy (non-hydrogen) atoms. The van der Waals surface area contributed by atoms with Gasteiger partial charge < -0.3 is 10.1 Å². The highest BCUT2D eigenvalue weighted by molar-refractivity contribution is 8.00. The molecule has 1 amide bonds. The molecular weight excluding hydrogens is 470 g/mol. The first-order valence-corrected chi connectivity index (χ1v) is 13.4. The monoisotopic (exact) mass is 499 g/mol. The molecule has 180 valence electrons. The van der Waals surface area contributed by atoms with Crippen molar-refractivity contribution in [3.8, 4) is 0 Å². The summed E-state index contributed by atoms with van der Waals surface area (Å²) in [5.74, 6) is -0.620. The zero-order valence-electron chi connectivity index (χ0n) is 19.7. The van der Waals surface area contributed by atoms with Crippen LogP contribution in [-0.4, -0.2) is 33.3 Å². The van der Waals surface area contributed by atoms with E-state index in [-0.39, 0.29) is 24.0 Å². The van der Waals surface area contributed by atoms with Crippen LogP contribution in [0.1, 0.15) is 60.8 Å². The van der Waals surface area contributed by atoms with Gasteiger partial charge in [-0.2, -0.15) is 0 Å². The number of aromatic nitrogens is 2. The number of nitrogens with one attached hydrogen (secondary N) is 1. The van der Waals surface area contributed by atoms with E-state index in [0.29, 0.717) is 33.2 Å². The third-order valence-corrected chi connectivity index (χ3v) is 8.23. The number of para-hydroxylation sites is 1. The van der Waals surface area contributed by atoms with E-state index < -0.39 is 5.25 Å². The number of fused-ring (bicyclic) bond motifs is 2. The van der Waals surface area contributed by atoms with Gasteiger partial charge in [-0.3, -0.25) is 14.2 Å². The predicted octanol–water partition coefficient (Wildman–Crippen LogP) is 5.04. The van der Waals surface area contributed by atoms with Gasteiger partial charge in [-0.15, -0.1) is 11.3 Å². The molecule has 1 unspecified atom stereocenters. The van der Waals surface area contributed by atoms with Crippen LogP contribution in [0.15, 0.2) is 34.2 Å². The van der Waals surface area contributed by atoms with Gasteiger partial charge in [0.2, 0.25) is 5.91 Å². The average Bonchev–Trinajstić information content (AvgIpc) is 2.99. The zero-order valence-corrected chi connectivity index (χ0v) is 21.3. The van der Waals surface area contributed by atoms with E-state index in [0.717, 1.165) is 42.5 Å². The average molecular weight is 500 g/mol. The van der Waals surface area contributed by atoms with E-state index in [1.54, 1.807) is 30.5 Å². The van der Waals surface area contributed by atoms with Crippen LogP contribution >= 0.6 is 23.1 Å². The number of amides is 1. The third kappa shape index (κ3) is 4.90. The van der Waals surface area contributed by atoms with Crippen molar-refractivity contribution in [2.45, 2.75) is 69.8 Å². The summed E-state index contributed by atoms with van der Waals surface area (Å²) in [5.41, 5.74) is 2.02. The van der Waals surface area contributed by atoms with Crippen LogP contribution < -0.4 is 10.9 Å². The summed E-state index contributed by atoms with van der Waals surface area (Å²) < 4.78 is 6.91. The molecule has 1 aromatic carbocycles. The van der Waals surface area contributed by atoms with Crippen LogP contribution in [0.25, 0.3) is 10.9 Å². The quantitative estimate of drug-likeness (QED) is 0.212. The lowest BCUT2D eigenvalue weighted by molar-refractivity contribution is -0.115. The van der Waals surface area contributed by atoms with Crippen molar-refractivity contribution in [3.63, 3.8) is 0 Å². The number of ether oxygens (including phenoxy) is 1.